The van der Waals surface area contributed by atoms with Crippen molar-refractivity contribution in [2.75, 3.05) is 0 Å². The number of benzene rings is 1. The highest BCUT2D eigenvalue weighted by atomic mass is 16.2. The van der Waals surface area contributed by atoms with Crippen molar-refractivity contribution in [1.82, 2.24) is 15.2 Å². The predicted octanol–water partition coefficient (Wildman–Crippen LogP) is 4.20. The van der Waals surface area contributed by atoms with Gasteiger partial charge in [0.05, 0.1) is 6.54 Å². The molecule has 0 bridgehead atoms. The lowest BCUT2D eigenvalue weighted by atomic mass is 10.00. The fourth-order valence-corrected chi connectivity index (χ4v) is 3.87. The Labute approximate surface area is 150 Å². The summed E-state index contributed by atoms with van der Waals surface area (Å²) in [6, 6.07) is 8.89. The van der Waals surface area contributed by atoms with Gasteiger partial charge in [-0.15, -0.1) is 0 Å². The zero-order chi connectivity index (χ0) is 17.8. The second kappa shape index (κ2) is 7.77. The molecule has 4 heteroatoms. The SMILES string of the molecule is Cc1cc(C)c(Cn2cccc2CNC(=O)NC2CCCC2)c(C)c1. The van der Waals surface area contributed by atoms with Crippen molar-refractivity contribution < 1.29 is 4.79 Å². The van der Waals surface area contributed by atoms with E-state index in [-0.39, 0.29) is 6.03 Å². The molecule has 0 atom stereocenters. The van der Waals surface area contributed by atoms with Gasteiger partial charge in [0.15, 0.2) is 0 Å². The van der Waals surface area contributed by atoms with Crippen LogP contribution in [-0.4, -0.2) is 16.6 Å². The molecule has 1 aliphatic carbocycles. The Kier molecular flexibility index (Phi) is 5.47. The van der Waals surface area contributed by atoms with Gasteiger partial charge in [-0.2, -0.15) is 0 Å². The smallest absolute Gasteiger partial charge is 0.315 e. The van der Waals surface area contributed by atoms with E-state index in [4.69, 9.17) is 0 Å². The van der Waals surface area contributed by atoms with Crippen molar-refractivity contribution in [1.29, 1.82) is 0 Å². The van der Waals surface area contributed by atoms with Crippen LogP contribution in [0.4, 0.5) is 4.79 Å². The molecule has 1 aliphatic rings. The van der Waals surface area contributed by atoms with E-state index in [1.54, 1.807) is 0 Å². The van der Waals surface area contributed by atoms with Crippen molar-refractivity contribution >= 4 is 6.03 Å². The van der Waals surface area contributed by atoms with E-state index in [2.05, 4.69) is 60.4 Å². The third kappa shape index (κ3) is 4.44. The van der Waals surface area contributed by atoms with Crippen LogP contribution in [0.5, 0.6) is 0 Å². The van der Waals surface area contributed by atoms with Crippen molar-refractivity contribution in [2.24, 2.45) is 0 Å². The number of aryl methyl sites for hydroxylation is 3. The molecule has 1 aromatic carbocycles. The molecule has 4 nitrogen and oxygen atoms in total. The number of rotatable bonds is 5. The highest BCUT2D eigenvalue weighted by molar-refractivity contribution is 5.74. The van der Waals surface area contributed by atoms with Crippen molar-refractivity contribution in [3.8, 4) is 0 Å². The highest BCUT2D eigenvalue weighted by Crippen LogP contribution is 2.19. The van der Waals surface area contributed by atoms with Gasteiger partial charge in [-0.05, 0) is 62.4 Å². The van der Waals surface area contributed by atoms with Crippen LogP contribution in [0.25, 0.3) is 0 Å². The molecule has 1 heterocycles. The summed E-state index contributed by atoms with van der Waals surface area (Å²) in [7, 11) is 0. The lowest BCUT2D eigenvalue weighted by Crippen LogP contribution is -2.40. The topological polar surface area (TPSA) is 46.1 Å². The van der Waals surface area contributed by atoms with Crippen LogP contribution >= 0.6 is 0 Å². The van der Waals surface area contributed by atoms with Crippen LogP contribution in [-0.2, 0) is 13.1 Å². The summed E-state index contributed by atoms with van der Waals surface area (Å²) in [6.07, 6.45) is 6.75. The van der Waals surface area contributed by atoms with Gasteiger partial charge in [0.25, 0.3) is 0 Å². The molecule has 0 aliphatic heterocycles. The van der Waals surface area contributed by atoms with Crippen LogP contribution in [0, 0.1) is 20.8 Å². The quantitative estimate of drug-likeness (QED) is 0.842. The first kappa shape index (κ1) is 17.6. The van der Waals surface area contributed by atoms with Gasteiger partial charge in [-0.1, -0.05) is 30.5 Å². The molecule has 134 valence electrons. The molecule has 0 unspecified atom stereocenters. The second-order valence-corrected chi connectivity index (χ2v) is 7.31. The molecular weight excluding hydrogens is 310 g/mol. The molecular formula is C21H29N3O. The molecule has 3 rings (SSSR count). The summed E-state index contributed by atoms with van der Waals surface area (Å²) in [5.41, 5.74) is 6.43. The Morgan fingerprint density at radius 2 is 1.84 bits per heavy atom. The van der Waals surface area contributed by atoms with Gasteiger partial charge in [-0.25, -0.2) is 4.79 Å². The summed E-state index contributed by atoms with van der Waals surface area (Å²) in [5.74, 6) is 0. The number of aromatic nitrogens is 1. The molecule has 1 fully saturated rings. The van der Waals surface area contributed by atoms with Crippen LogP contribution in [0.15, 0.2) is 30.5 Å². The lowest BCUT2D eigenvalue weighted by molar-refractivity contribution is 0.236. The minimum absolute atomic E-state index is 0.0534. The predicted molar refractivity (Wildman–Crippen MR) is 102 cm³/mol. The molecule has 1 saturated carbocycles. The van der Waals surface area contributed by atoms with Gasteiger partial charge in [0.1, 0.15) is 0 Å². The summed E-state index contributed by atoms with van der Waals surface area (Å²) in [5, 5.41) is 6.08. The molecule has 25 heavy (non-hydrogen) atoms. The minimum atomic E-state index is -0.0534. The first-order valence-electron chi connectivity index (χ1n) is 9.28. The standard InChI is InChI=1S/C21H29N3O/c1-15-11-16(2)20(17(3)12-15)14-24-10-6-9-19(24)13-22-21(25)23-18-7-4-5-8-18/h6,9-12,18H,4-5,7-8,13-14H2,1-3H3,(H2,22,23,25). The maximum Gasteiger partial charge on any atom is 0.315 e. The zero-order valence-electron chi connectivity index (χ0n) is 15.6. The molecule has 0 saturated heterocycles. The average Bonchev–Trinajstić information content (AvgIpc) is 3.20. The number of hydrogen-bond acceptors (Lipinski definition) is 1. The monoisotopic (exact) mass is 339 g/mol. The Morgan fingerprint density at radius 3 is 2.52 bits per heavy atom. The summed E-state index contributed by atoms with van der Waals surface area (Å²) in [6.45, 7) is 7.87. The normalized spacial score (nSPS) is 14.7. The molecule has 2 aromatic rings. The first-order valence-corrected chi connectivity index (χ1v) is 9.28. The van der Waals surface area contributed by atoms with Gasteiger partial charge in [-0.3, -0.25) is 0 Å². The van der Waals surface area contributed by atoms with Gasteiger partial charge >= 0.3 is 6.03 Å². The Bertz CT molecular complexity index is 718. The van der Waals surface area contributed by atoms with Crippen molar-refractivity contribution in [3.63, 3.8) is 0 Å². The second-order valence-electron chi connectivity index (χ2n) is 7.31. The van der Waals surface area contributed by atoms with E-state index in [1.165, 1.54) is 35.1 Å². The van der Waals surface area contributed by atoms with Crippen LogP contribution in [0.1, 0.15) is 53.6 Å². The Morgan fingerprint density at radius 1 is 1.16 bits per heavy atom. The van der Waals surface area contributed by atoms with E-state index in [9.17, 15) is 4.79 Å². The third-order valence-corrected chi connectivity index (χ3v) is 5.21. The van der Waals surface area contributed by atoms with E-state index in [1.807, 2.05) is 6.07 Å². The molecule has 2 amide bonds. The molecule has 0 radical (unpaired) electrons. The van der Waals surface area contributed by atoms with Gasteiger partial charge < -0.3 is 15.2 Å². The van der Waals surface area contributed by atoms with Crippen LogP contribution in [0.2, 0.25) is 0 Å². The third-order valence-electron chi connectivity index (χ3n) is 5.21. The Balaban J connectivity index is 1.62. The highest BCUT2D eigenvalue weighted by Gasteiger charge is 2.17. The number of nitrogens with one attached hydrogen (secondary N) is 2. The number of nitrogens with zero attached hydrogens (tertiary/aromatic N) is 1. The Hall–Kier alpha value is -2.23. The largest absolute Gasteiger partial charge is 0.345 e. The lowest BCUT2D eigenvalue weighted by Gasteiger charge is -2.16. The van der Waals surface area contributed by atoms with Crippen LogP contribution < -0.4 is 10.6 Å². The fraction of sp³-hybridized carbons (Fsp3) is 0.476. The summed E-state index contributed by atoms with van der Waals surface area (Å²) >= 11 is 0. The maximum atomic E-state index is 12.1. The zero-order valence-corrected chi connectivity index (χ0v) is 15.6. The van der Waals surface area contributed by atoms with Gasteiger partial charge in [0.2, 0.25) is 0 Å². The molecule has 2 N–H and O–H groups in total. The number of amides is 2. The fourth-order valence-electron chi connectivity index (χ4n) is 3.87. The van der Waals surface area contributed by atoms with E-state index >= 15 is 0 Å². The van der Waals surface area contributed by atoms with Crippen molar-refractivity contribution in [3.05, 3.63) is 58.4 Å². The van der Waals surface area contributed by atoms with E-state index in [0.717, 1.165) is 25.1 Å². The average molecular weight is 339 g/mol. The summed E-state index contributed by atoms with van der Waals surface area (Å²) < 4.78 is 2.22. The number of hydrogen-bond donors (Lipinski definition) is 2. The molecule has 0 spiro atoms. The maximum absolute atomic E-state index is 12.1. The summed E-state index contributed by atoms with van der Waals surface area (Å²) in [4.78, 5) is 12.1. The van der Waals surface area contributed by atoms with E-state index in [0.29, 0.717) is 12.6 Å². The number of urea groups is 1. The molecule has 1 aromatic heterocycles. The van der Waals surface area contributed by atoms with Crippen molar-refractivity contribution in [2.45, 2.75) is 65.6 Å². The first-order chi connectivity index (χ1) is 12.0. The number of carbonyl (C=O) groups excluding carboxylic acids is 1. The number of carbonyl (C=O) groups is 1. The van der Waals surface area contributed by atoms with E-state index < -0.39 is 0 Å². The van der Waals surface area contributed by atoms with Gasteiger partial charge in [0, 0.05) is 24.5 Å². The minimum Gasteiger partial charge on any atom is -0.345 e. The van der Waals surface area contributed by atoms with Crippen LogP contribution in [0.3, 0.4) is 0 Å².